The summed E-state index contributed by atoms with van der Waals surface area (Å²) in [4.78, 5) is 15.0. The van der Waals surface area contributed by atoms with Gasteiger partial charge in [0.2, 0.25) is 0 Å². The Kier molecular flexibility index (Phi) is 5.14. The van der Waals surface area contributed by atoms with E-state index in [1.165, 1.54) is 14.7 Å². The Morgan fingerprint density at radius 2 is 1.21 bits per heavy atom. The van der Waals surface area contributed by atoms with Crippen molar-refractivity contribution in [3.05, 3.63) is 97.6 Å². The number of benzene rings is 3. The lowest BCUT2D eigenvalue weighted by atomic mass is 10.3. The predicted molar refractivity (Wildman–Crippen MR) is 97.3 cm³/mol. The molecule has 0 unspecified atom stereocenters. The van der Waals surface area contributed by atoms with Gasteiger partial charge in [0.1, 0.15) is 5.75 Å². The zero-order chi connectivity index (χ0) is 16.8. The van der Waals surface area contributed by atoms with Crippen molar-refractivity contribution in [3.8, 4) is 5.75 Å². The third-order valence-electron chi connectivity index (χ3n) is 3.40. The monoisotopic (exact) mass is 333 g/mol. The Bertz CT molecular complexity index is 772. The summed E-state index contributed by atoms with van der Waals surface area (Å²) in [7, 11) is -0.198. The first-order valence-electron chi connectivity index (χ1n) is 7.56. The van der Waals surface area contributed by atoms with Gasteiger partial charge in [-0.1, -0.05) is 43.0 Å². The fourth-order valence-electron chi connectivity index (χ4n) is 2.32. The molecule has 0 aromatic heterocycles. The Balaban J connectivity index is 1.97. The normalized spacial score (nSPS) is 10.4. The Morgan fingerprint density at radius 1 is 0.750 bits per heavy atom. The molecule has 0 N–H and O–H groups in total. The summed E-state index contributed by atoms with van der Waals surface area (Å²) >= 11 is 0. The van der Waals surface area contributed by atoms with Crippen molar-refractivity contribution in [1.82, 2.24) is 0 Å². The second-order valence-electron chi connectivity index (χ2n) is 5.03. The van der Waals surface area contributed by atoms with Gasteiger partial charge in [-0.25, -0.2) is 4.79 Å². The molecule has 24 heavy (non-hydrogen) atoms. The number of carbonyl (C=O) groups excluding carboxylic acids is 1. The summed E-state index contributed by atoms with van der Waals surface area (Å²) in [6, 6.07) is 28.5. The summed E-state index contributed by atoms with van der Waals surface area (Å²) in [5, 5.41) is 0. The van der Waals surface area contributed by atoms with Crippen LogP contribution in [0.4, 0.5) is 0 Å². The molecule has 0 aliphatic rings. The highest BCUT2D eigenvalue weighted by atomic mass is 32.2. The molecular weight excluding hydrogens is 316 g/mol. The van der Waals surface area contributed by atoms with Gasteiger partial charge in [-0.3, -0.25) is 0 Å². The number of esters is 1. The van der Waals surface area contributed by atoms with Crippen LogP contribution in [-0.4, -0.2) is 5.97 Å². The van der Waals surface area contributed by atoms with Crippen LogP contribution >= 0.6 is 0 Å². The fourth-order valence-corrected chi connectivity index (χ4v) is 4.41. The Morgan fingerprint density at radius 3 is 1.67 bits per heavy atom. The first kappa shape index (κ1) is 16.1. The topological polar surface area (TPSA) is 26.3 Å². The number of hydrogen-bond donors (Lipinski definition) is 0. The van der Waals surface area contributed by atoms with E-state index in [1.807, 2.05) is 36.4 Å². The zero-order valence-electron chi connectivity index (χ0n) is 13.1. The lowest BCUT2D eigenvalue weighted by molar-refractivity contribution is -0.128. The molecule has 0 saturated carbocycles. The second-order valence-corrected chi connectivity index (χ2v) is 7.06. The van der Waals surface area contributed by atoms with Crippen LogP contribution in [0.25, 0.3) is 0 Å². The van der Waals surface area contributed by atoms with E-state index in [2.05, 4.69) is 55.1 Å². The van der Waals surface area contributed by atoms with Gasteiger partial charge in [-0.15, -0.1) is 0 Å². The highest BCUT2D eigenvalue weighted by molar-refractivity contribution is 7.97. The number of hydrogen-bond acceptors (Lipinski definition) is 2. The van der Waals surface area contributed by atoms with Gasteiger partial charge in [-0.2, -0.15) is 0 Å². The van der Waals surface area contributed by atoms with Crippen molar-refractivity contribution in [2.24, 2.45) is 0 Å². The van der Waals surface area contributed by atoms with Crippen molar-refractivity contribution in [1.29, 1.82) is 0 Å². The van der Waals surface area contributed by atoms with Gasteiger partial charge in [0.25, 0.3) is 0 Å². The molecule has 3 aromatic rings. The molecule has 3 heteroatoms. The Labute approximate surface area is 144 Å². The second kappa shape index (κ2) is 7.66. The maximum Gasteiger partial charge on any atom is 0.335 e. The molecule has 3 aromatic carbocycles. The maximum atomic E-state index is 11.3. The highest BCUT2D eigenvalue weighted by Crippen LogP contribution is 2.31. The lowest BCUT2D eigenvalue weighted by Crippen LogP contribution is -2.06. The minimum Gasteiger partial charge on any atom is -0.423 e. The molecule has 0 radical (unpaired) electrons. The number of rotatable bonds is 5. The first-order chi connectivity index (χ1) is 11.8. The molecule has 2 nitrogen and oxygen atoms in total. The van der Waals surface area contributed by atoms with Crippen LogP contribution in [0.2, 0.25) is 0 Å². The molecule has 0 fully saturated rings. The Hall–Kier alpha value is -2.78. The molecule has 0 atom stereocenters. The molecule has 118 valence electrons. The van der Waals surface area contributed by atoms with Crippen molar-refractivity contribution in [3.63, 3.8) is 0 Å². The van der Waals surface area contributed by atoms with Crippen LogP contribution in [0, 0.1) is 0 Å². The SMILES string of the molecule is C=CC(=O)Oc1ccc([S+](c2ccccc2)c2ccccc2)cc1. The predicted octanol–water partition coefficient (Wildman–Crippen LogP) is 4.87. The van der Waals surface area contributed by atoms with E-state index in [1.54, 1.807) is 0 Å². The van der Waals surface area contributed by atoms with Gasteiger partial charge < -0.3 is 4.74 Å². The van der Waals surface area contributed by atoms with Gasteiger partial charge in [0, 0.05) is 6.08 Å². The van der Waals surface area contributed by atoms with Gasteiger partial charge in [-0.05, 0) is 48.5 Å². The average Bonchev–Trinajstić information content (AvgIpc) is 2.65. The third kappa shape index (κ3) is 3.76. The van der Waals surface area contributed by atoms with E-state index in [0.29, 0.717) is 5.75 Å². The van der Waals surface area contributed by atoms with Crippen LogP contribution in [0.3, 0.4) is 0 Å². The number of carbonyl (C=O) groups is 1. The average molecular weight is 333 g/mol. The van der Waals surface area contributed by atoms with Crippen molar-refractivity contribution in [2.75, 3.05) is 0 Å². The molecule has 0 spiro atoms. The first-order valence-corrected chi connectivity index (χ1v) is 8.79. The van der Waals surface area contributed by atoms with E-state index < -0.39 is 5.97 Å². The lowest BCUT2D eigenvalue weighted by Gasteiger charge is -2.08. The van der Waals surface area contributed by atoms with Gasteiger partial charge >= 0.3 is 5.97 Å². The number of ether oxygens (including phenoxy) is 1. The largest absolute Gasteiger partial charge is 0.423 e. The van der Waals surface area contributed by atoms with Crippen LogP contribution in [0.15, 0.2) is 112 Å². The highest BCUT2D eigenvalue weighted by Gasteiger charge is 2.28. The minimum atomic E-state index is -0.451. The maximum absolute atomic E-state index is 11.3. The van der Waals surface area contributed by atoms with Gasteiger partial charge in [0.05, 0.1) is 10.9 Å². The minimum absolute atomic E-state index is 0.198. The third-order valence-corrected chi connectivity index (χ3v) is 5.63. The summed E-state index contributed by atoms with van der Waals surface area (Å²) < 4.78 is 5.16. The summed E-state index contributed by atoms with van der Waals surface area (Å²) in [6.07, 6.45) is 1.16. The molecule has 0 aliphatic carbocycles. The van der Waals surface area contributed by atoms with E-state index in [0.717, 1.165) is 6.08 Å². The quantitative estimate of drug-likeness (QED) is 0.288. The molecule has 0 saturated heterocycles. The molecule has 3 rings (SSSR count). The van der Waals surface area contributed by atoms with Gasteiger partial charge in [0.15, 0.2) is 14.7 Å². The summed E-state index contributed by atoms with van der Waals surface area (Å²) in [6.45, 7) is 3.41. The summed E-state index contributed by atoms with van der Waals surface area (Å²) in [5.74, 6) is 0.0705. The zero-order valence-corrected chi connectivity index (χ0v) is 13.9. The van der Waals surface area contributed by atoms with Crippen LogP contribution < -0.4 is 4.74 Å². The molecule has 0 bridgehead atoms. The van der Waals surface area contributed by atoms with Crippen molar-refractivity contribution >= 4 is 16.9 Å². The standard InChI is InChI=1S/C21H17O2S/c1-2-21(22)23-17-13-15-20(16-14-17)24(18-9-5-3-6-10-18)19-11-7-4-8-12-19/h2-16H,1H2/q+1. The van der Waals surface area contributed by atoms with Crippen LogP contribution in [-0.2, 0) is 15.7 Å². The molecule has 0 heterocycles. The van der Waals surface area contributed by atoms with Crippen LogP contribution in [0.5, 0.6) is 5.75 Å². The van der Waals surface area contributed by atoms with E-state index in [9.17, 15) is 4.79 Å². The van der Waals surface area contributed by atoms with E-state index >= 15 is 0 Å². The molecule has 0 aliphatic heterocycles. The van der Waals surface area contributed by atoms with Crippen molar-refractivity contribution < 1.29 is 9.53 Å². The smallest absolute Gasteiger partial charge is 0.335 e. The van der Waals surface area contributed by atoms with Crippen molar-refractivity contribution in [2.45, 2.75) is 14.7 Å². The molecule has 0 amide bonds. The van der Waals surface area contributed by atoms with E-state index in [-0.39, 0.29) is 10.9 Å². The fraction of sp³-hybridized carbons (Fsp3) is 0. The summed E-state index contributed by atoms with van der Waals surface area (Å²) in [5.41, 5.74) is 0. The van der Waals surface area contributed by atoms with E-state index in [4.69, 9.17) is 4.74 Å². The van der Waals surface area contributed by atoms with Crippen LogP contribution in [0.1, 0.15) is 0 Å². The molecular formula is C21H17O2S+.